The molecule has 0 saturated carbocycles. The number of carbonyl (C=O) groups excluding carboxylic acids is 1. The Morgan fingerprint density at radius 1 is 1.39 bits per heavy atom. The number of esters is 1. The third-order valence-electron chi connectivity index (χ3n) is 3.86. The Hall–Kier alpha value is -1.40. The maximum absolute atomic E-state index is 12.6. The number of carboxylic acids is 1. The van der Waals surface area contributed by atoms with Crippen molar-refractivity contribution in [3.63, 3.8) is 0 Å². The molecule has 1 fully saturated rings. The maximum atomic E-state index is 12.6. The van der Waals surface area contributed by atoms with E-state index in [2.05, 4.69) is 15.9 Å². The number of hydrogen-bond donors (Lipinski definition) is 1. The number of nitrogens with zero attached hydrogens (tertiary/aromatic N) is 1. The monoisotopic (exact) mass is 383 g/mol. The SMILES string of the molecule is CC(C)(C)OC(=O)[C@@]1(C(=O)O)CCCN1Cc1cccc(Br)c1. The molecule has 1 aromatic rings. The van der Waals surface area contributed by atoms with Gasteiger partial charge < -0.3 is 9.84 Å². The molecule has 0 amide bonds. The van der Waals surface area contributed by atoms with Crippen LogP contribution in [-0.4, -0.2) is 39.6 Å². The molecule has 2 rings (SSSR count). The van der Waals surface area contributed by atoms with Crippen LogP contribution in [0.2, 0.25) is 0 Å². The summed E-state index contributed by atoms with van der Waals surface area (Å²) in [6.45, 7) is 6.18. The standard InChI is InChI=1S/C17H22BrNO4/c1-16(2,3)23-15(22)17(14(20)21)8-5-9-19(17)11-12-6-4-7-13(18)10-12/h4,6-7,10H,5,8-9,11H2,1-3H3,(H,20,21)/t17-/m0/s1. The Morgan fingerprint density at radius 3 is 2.65 bits per heavy atom. The van der Waals surface area contributed by atoms with E-state index in [1.165, 1.54) is 0 Å². The van der Waals surface area contributed by atoms with Crippen LogP contribution in [-0.2, 0) is 20.9 Å². The minimum Gasteiger partial charge on any atom is -0.479 e. The Morgan fingerprint density at radius 2 is 2.09 bits per heavy atom. The summed E-state index contributed by atoms with van der Waals surface area (Å²) in [6, 6.07) is 7.65. The number of carbonyl (C=O) groups is 2. The molecule has 1 aliphatic rings. The number of aliphatic carboxylic acids is 1. The fourth-order valence-electron chi connectivity index (χ4n) is 2.87. The first kappa shape index (κ1) is 17.9. The summed E-state index contributed by atoms with van der Waals surface area (Å²) in [4.78, 5) is 26.3. The van der Waals surface area contributed by atoms with Gasteiger partial charge in [-0.3, -0.25) is 4.90 Å². The molecule has 23 heavy (non-hydrogen) atoms. The molecular formula is C17H22BrNO4. The molecule has 1 atom stereocenters. The highest BCUT2D eigenvalue weighted by Crippen LogP contribution is 2.34. The van der Waals surface area contributed by atoms with Crippen molar-refractivity contribution in [2.24, 2.45) is 0 Å². The van der Waals surface area contributed by atoms with Crippen LogP contribution >= 0.6 is 15.9 Å². The molecular weight excluding hydrogens is 362 g/mol. The lowest BCUT2D eigenvalue weighted by Gasteiger charge is -2.35. The first-order chi connectivity index (χ1) is 10.6. The second-order valence-corrected chi connectivity index (χ2v) is 7.74. The summed E-state index contributed by atoms with van der Waals surface area (Å²) in [5, 5.41) is 9.78. The molecule has 5 nitrogen and oxygen atoms in total. The number of benzene rings is 1. The van der Waals surface area contributed by atoms with Gasteiger partial charge in [0, 0.05) is 17.6 Å². The van der Waals surface area contributed by atoms with Gasteiger partial charge in [0.15, 0.2) is 0 Å². The van der Waals surface area contributed by atoms with E-state index in [9.17, 15) is 14.7 Å². The summed E-state index contributed by atoms with van der Waals surface area (Å²) in [5.74, 6) is -1.82. The van der Waals surface area contributed by atoms with Crippen LogP contribution in [0, 0.1) is 0 Å². The lowest BCUT2D eigenvalue weighted by molar-refractivity contribution is -0.177. The Labute approximate surface area is 144 Å². The Bertz CT molecular complexity index is 611. The van der Waals surface area contributed by atoms with Gasteiger partial charge in [0.1, 0.15) is 5.60 Å². The van der Waals surface area contributed by atoms with E-state index in [4.69, 9.17) is 4.74 Å². The van der Waals surface area contributed by atoms with E-state index in [1.807, 2.05) is 24.3 Å². The van der Waals surface area contributed by atoms with Gasteiger partial charge in [0.2, 0.25) is 5.54 Å². The highest BCUT2D eigenvalue weighted by atomic mass is 79.9. The third kappa shape index (κ3) is 3.93. The highest BCUT2D eigenvalue weighted by molar-refractivity contribution is 9.10. The second kappa shape index (κ2) is 6.61. The summed E-state index contributed by atoms with van der Waals surface area (Å²) >= 11 is 3.41. The number of halogens is 1. The van der Waals surface area contributed by atoms with Crippen LogP contribution in [0.3, 0.4) is 0 Å². The van der Waals surface area contributed by atoms with Crippen molar-refractivity contribution in [3.05, 3.63) is 34.3 Å². The maximum Gasteiger partial charge on any atom is 0.338 e. The van der Waals surface area contributed by atoms with Crippen molar-refractivity contribution in [1.82, 2.24) is 4.90 Å². The van der Waals surface area contributed by atoms with Gasteiger partial charge >= 0.3 is 11.9 Å². The van der Waals surface area contributed by atoms with Crippen LogP contribution in [0.25, 0.3) is 0 Å². The molecule has 6 heteroatoms. The molecule has 1 aromatic carbocycles. The van der Waals surface area contributed by atoms with Gasteiger partial charge in [-0.25, -0.2) is 9.59 Å². The van der Waals surface area contributed by atoms with Crippen molar-refractivity contribution in [1.29, 1.82) is 0 Å². The van der Waals surface area contributed by atoms with Crippen LogP contribution in [0.4, 0.5) is 0 Å². The van der Waals surface area contributed by atoms with Gasteiger partial charge in [0.25, 0.3) is 0 Å². The van der Waals surface area contributed by atoms with Crippen molar-refractivity contribution in [2.75, 3.05) is 6.54 Å². The second-order valence-electron chi connectivity index (χ2n) is 6.82. The zero-order valence-corrected chi connectivity index (χ0v) is 15.2. The van der Waals surface area contributed by atoms with Gasteiger partial charge in [0.05, 0.1) is 0 Å². The molecule has 0 aromatic heterocycles. The smallest absolute Gasteiger partial charge is 0.338 e. The minimum atomic E-state index is -1.60. The first-order valence-corrected chi connectivity index (χ1v) is 8.41. The summed E-state index contributed by atoms with van der Waals surface area (Å²) in [7, 11) is 0. The van der Waals surface area contributed by atoms with E-state index in [0.29, 0.717) is 19.5 Å². The average molecular weight is 384 g/mol. The van der Waals surface area contributed by atoms with Crippen molar-refractivity contribution in [2.45, 2.75) is 51.3 Å². The lowest BCUT2D eigenvalue weighted by Crippen LogP contribution is -2.58. The molecule has 1 aliphatic heterocycles. The quantitative estimate of drug-likeness (QED) is 0.638. The Balaban J connectivity index is 2.30. The zero-order chi connectivity index (χ0) is 17.3. The van der Waals surface area contributed by atoms with Gasteiger partial charge in [-0.15, -0.1) is 0 Å². The predicted molar refractivity (Wildman–Crippen MR) is 90.0 cm³/mol. The zero-order valence-electron chi connectivity index (χ0n) is 13.6. The van der Waals surface area contributed by atoms with Gasteiger partial charge in [-0.2, -0.15) is 0 Å². The molecule has 1 N–H and O–H groups in total. The van der Waals surface area contributed by atoms with Crippen LogP contribution < -0.4 is 0 Å². The fraction of sp³-hybridized carbons (Fsp3) is 0.529. The first-order valence-electron chi connectivity index (χ1n) is 7.61. The normalized spacial score (nSPS) is 22.1. The summed E-state index contributed by atoms with van der Waals surface area (Å²) in [6.07, 6.45) is 0.921. The molecule has 0 unspecified atom stereocenters. The topological polar surface area (TPSA) is 66.8 Å². The minimum absolute atomic E-state index is 0.269. The van der Waals surface area contributed by atoms with Gasteiger partial charge in [-0.05, 0) is 51.3 Å². The number of likely N-dealkylation sites (tertiary alicyclic amines) is 1. The van der Waals surface area contributed by atoms with Crippen molar-refractivity contribution < 1.29 is 19.4 Å². The largest absolute Gasteiger partial charge is 0.479 e. The third-order valence-corrected chi connectivity index (χ3v) is 4.35. The number of rotatable bonds is 4. The molecule has 0 spiro atoms. The summed E-state index contributed by atoms with van der Waals surface area (Å²) < 4.78 is 6.33. The number of carboxylic acid groups (broad SMARTS) is 1. The molecule has 1 heterocycles. The molecule has 0 aliphatic carbocycles. The van der Waals surface area contributed by atoms with E-state index in [1.54, 1.807) is 25.7 Å². The van der Waals surface area contributed by atoms with Gasteiger partial charge in [-0.1, -0.05) is 28.1 Å². The van der Waals surface area contributed by atoms with Crippen LogP contribution in [0.1, 0.15) is 39.2 Å². The number of hydrogen-bond acceptors (Lipinski definition) is 4. The average Bonchev–Trinajstić information content (AvgIpc) is 2.81. The number of ether oxygens (including phenoxy) is 1. The molecule has 126 valence electrons. The Kier molecular flexibility index (Phi) is 5.16. The molecule has 0 bridgehead atoms. The van der Waals surface area contributed by atoms with Crippen molar-refractivity contribution >= 4 is 27.9 Å². The lowest BCUT2D eigenvalue weighted by atomic mass is 9.95. The fourth-order valence-corrected chi connectivity index (χ4v) is 3.31. The highest BCUT2D eigenvalue weighted by Gasteiger charge is 2.56. The van der Waals surface area contributed by atoms with E-state index < -0.39 is 23.1 Å². The van der Waals surface area contributed by atoms with E-state index in [0.717, 1.165) is 10.0 Å². The van der Waals surface area contributed by atoms with E-state index in [-0.39, 0.29) is 6.42 Å². The molecule has 1 saturated heterocycles. The predicted octanol–water partition coefficient (Wildman–Crippen LogP) is 3.21. The molecule has 0 radical (unpaired) electrons. The van der Waals surface area contributed by atoms with Crippen LogP contribution in [0.5, 0.6) is 0 Å². The van der Waals surface area contributed by atoms with Crippen LogP contribution in [0.15, 0.2) is 28.7 Å². The van der Waals surface area contributed by atoms with Crippen molar-refractivity contribution in [3.8, 4) is 0 Å². The van der Waals surface area contributed by atoms with E-state index >= 15 is 0 Å². The summed E-state index contributed by atoms with van der Waals surface area (Å²) in [5.41, 5.74) is -1.37.